The molecule has 1 N–H and O–H groups in total. The first-order chi connectivity index (χ1) is 16.1. The molecule has 3 aromatic rings. The van der Waals surface area contributed by atoms with Gasteiger partial charge >= 0.3 is 0 Å². The molecular formula is C26H29N3O4. The van der Waals surface area contributed by atoms with E-state index in [1.54, 1.807) is 6.07 Å². The van der Waals surface area contributed by atoms with Crippen LogP contribution in [0, 0.1) is 0 Å². The summed E-state index contributed by atoms with van der Waals surface area (Å²) in [5, 5.41) is 3.00. The molecule has 2 aliphatic rings. The van der Waals surface area contributed by atoms with Gasteiger partial charge in [0.15, 0.2) is 17.3 Å². The maximum absolute atomic E-state index is 12.6. The summed E-state index contributed by atoms with van der Waals surface area (Å²) in [6, 6.07) is 19.7. The molecule has 2 aliphatic heterocycles. The third-order valence-electron chi connectivity index (χ3n) is 6.22. The van der Waals surface area contributed by atoms with Crippen molar-refractivity contribution in [1.29, 1.82) is 0 Å². The predicted octanol–water partition coefficient (Wildman–Crippen LogP) is 3.82. The molecule has 0 saturated carbocycles. The molecule has 0 spiro atoms. The van der Waals surface area contributed by atoms with Crippen LogP contribution in [-0.2, 0) is 13.1 Å². The second kappa shape index (κ2) is 9.68. The zero-order chi connectivity index (χ0) is 22.6. The summed E-state index contributed by atoms with van der Waals surface area (Å²) in [7, 11) is 0. The predicted molar refractivity (Wildman–Crippen MR) is 124 cm³/mol. The molecule has 3 heterocycles. The highest BCUT2D eigenvalue weighted by molar-refractivity contribution is 5.91. The zero-order valence-electron chi connectivity index (χ0n) is 18.8. The molecule has 1 unspecified atom stereocenters. The Morgan fingerprint density at radius 2 is 1.64 bits per heavy atom. The molecule has 7 heteroatoms. The number of nitrogens with zero attached hydrogens (tertiary/aromatic N) is 2. The number of furan rings is 1. The van der Waals surface area contributed by atoms with E-state index in [-0.39, 0.29) is 11.9 Å². The fourth-order valence-corrected chi connectivity index (χ4v) is 4.30. The molecule has 0 radical (unpaired) electrons. The Hall–Kier alpha value is -3.29. The molecule has 1 atom stereocenters. The number of hydrogen-bond acceptors (Lipinski definition) is 6. The lowest BCUT2D eigenvalue weighted by molar-refractivity contribution is 0.0901. The van der Waals surface area contributed by atoms with Crippen LogP contribution in [0.4, 0.5) is 0 Å². The van der Waals surface area contributed by atoms with E-state index in [0.717, 1.165) is 55.5 Å². The van der Waals surface area contributed by atoms with Gasteiger partial charge in [-0.05, 0) is 42.3 Å². The number of benzene rings is 2. The first-order valence-corrected chi connectivity index (χ1v) is 11.4. The van der Waals surface area contributed by atoms with Crippen molar-refractivity contribution in [1.82, 2.24) is 15.1 Å². The van der Waals surface area contributed by atoms with E-state index in [1.807, 2.05) is 49.4 Å². The Bertz CT molecular complexity index is 1090. The lowest BCUT2D eigenvalue weighted by atomic mass is 10.1. The van der Waals surface area contributed by atoms with Crippen molar-refractivity contribution in [2.45, 2.75) is 26.1 Å². The van der Waals surface area contributed by atoms with Crippen molar-refractivity contribution in [3.8, 4) is 11.5 Å². The molecule has 7 nitrogen and oxygen atoms in total. The molecule has 1 saturated heterocycles. The van der Waals surface area contributed by atoms with Gasteiger partial charge in [-0.2, -0.15) is 0 Å². The minimum Gasteiger partial charge on any atom is -0.455 e. The van der Waals surface area contributed by atoms with E-state index >= 15 is 0 Å². The van der Waals surface area contributed by atoms with Crippen molar-refractivity contribution < 1.29 is 18.7 Å². The van der Waals surface area contributed by atoms with Crippen LogP contribution >= 0.6 is 0 Å². The summed E-state index contributed by atoms with van der Waals surface area (Å²) < 4.78 is 16.7. The first kappa shape index (κ1) is 21.6. The first-order valence-electron chi connectivity index (χ1n) is 11.4. The highest BCUT2D eigenvalue weighted by Gasteiger charge is 2.21. The van der Waals surface area contributed by atoms with Crippen LogP contribution in [0.15, 0.2) is 65.1 Å². The average Bonchev–Trinajstić information content (AvgIpc) is 3.50. The van der Waals surface area contributed by atoms with Gasteiger partial charge < -0.3 is 19.2 Å². The Morgan fingerprint density at radius 1 is 0.909 bits per heavy atom. The number of piperazine rings is 1. The van der Waals surface area contributed by atoms with Gasteiger partial charge in [-0.3, -0.25) is 14.6 Å². The quantitative estimate of drug-likeness (QED) is 0.594. The van der Waals surface area contributed by atoms with Gasteiger partial charge in [-0.15, -0.1) is 0 Å². The minimum absolute atomic E-state index is 0.0786. The fourth-order valence-electron chi connectivity index (χ4n) is 4.30. The van der Waals surface area contributed by atoms with E-state index in [4.69, 9.17) is 13.9 Å². The molecule has 0 aliphatic carbocycles. The molecular weight excluding hydrogens is 418 g/mol. The third kappa shape index (κ3) is 5.21. The average molecular weight is 448 g/mol. The van der Waals surface area contributed by atoms with Gasteiger partial charge in [-0.25, -0.2) is 0 Å². The lowest BCUT2D eigenvalue weighted by Crippen LogP contribution is -2.45. The Morgan fingerprint density at radius 3 is 2.42 bits per heavy atom. The second-order valence-corrected chi connectivity index (χ2v) is 8.61. The summed E-state index contributed by atoms with van der Waals surface area (Å²) in [6.45, 7) is 7.76. The van der Waals surface area contributed by atoms with Crippen LogP contribution in [0.1, 0.15) is 40.4 Å². The Kier molecular flexibility index (Phi) is 6.32. The molecule has 1 fully saturated rings. The topological polar surface area (TPSA) is 67.2 Å². The van der Waals surface area contributed by atoms with E-state index in [0.29, 0.717) is 19.1 Å². The van der Waals surface area contributed by atoms with E-state index in [9.17, 15) is 4.79 Å². The van der Waals surface area contributed by atoms with Crippen LogP contribution in [-0.4, -0.2) is 48.7 Å². The Labute approximate surface area is 193 Å². The maximum atomic E-state index is 12.6. The van der Waals surface area contributed by atoms with E-state index < -0.39 is 0 Å². The largest absolute Gasteiger partial charge is 0.455 e. The highest BCUT2D eigenvalue weighted by atomic mass is 16.7. The molecule has 1 amide bonds. The number of rotatable bonds is 7. The van der Waals surface area contributed by atoms with Crippen LogP contribution in [0.5, 0.6) is 11.5 Å². The summed E-state index contributed by atoms with van der Waals surface area (Å²) >= 11 is 0. The number of carbonyl (C=O) groups excluding carboxylic acids is 1. The van der Waals surface area contributed by atoms with Crippen molar-refractivity contribution in [2.24, 2.45) is 0 Å². The fraction of sp³-hybridized carbons (Fsp3) is 0.346. The number of fused-ring (bicyclic) bond motifs is 1. The molecule has 1 aromatic heterocycles. The monoisotopic (exact) mass is 447 g/mol. The van der Waals surface area contributed by atoms with Crippen molar-refractivity contribution >= 4 is 5.91 Å². The second-order valence-electron chi connectivity index (χ2n) is 8.61. The molecule has 33 heavy (non-hydrogen) atoms. The highest BCUT2D eigenvalue weighted by Crippen LogP contribution is 2.32. The van der Waals surface area contributed by atoms with Crippen molar-refractivity contribution in [3.05, 3.63) is 83.3 Å². The third-order valence-corrected chi connectivity index (χ3v) is 6.22. The maximum Gasteiger partial charge on any atom is 0.287 e. The number of nitrogens with one attached hydrogen (secondary N) is 1. The number of carbonyl (C=O) groups is 1. The summed E-state index contributed by atoms with van der Waals surface area (Å²) in [4.78, 5) is 17.4. The van der Waals surface area contributed by atoms with Gasteiger partial charge in [0.05, 0.1) is 12.6 Å². The molecule has 2 aromatic carbocycles. The van der Waals surface area contributed by atoms with Crippen LogP contribution in [0.2, 0.25) is 0 Å². The van der Waals surface area contributed by atoms with Gasteiger partial charge in [0, 0.05) is 32.7 Å². The smallest absolute Gasteiger partial charge is 0.287 e. The van der Waals surface area contributed by atoms with Gasteiger partial charge in [-0.1, -0.05) is 36.4 Å². The van der Waals surface area contributed by atoms with Gasteiger partial charge in [0.1, 0.15) is 5.76 Å². The Balaban J connectivity index is 1.09. The van der Waals surface area contributed by atoms with Gasteiger partial charge in [0.2, 0.25) is 6.79 Å². The summed E-state index contributed by atoms with van der Waals surface area (Å²) in [5.41, 5.74) is 2.30. The van der Waals surface area contributed by atoms with Gasteiger partial charge in [0.25, 0.3) is 5.91 Å². The minimum atomic E-state index is -0.189. The number of amides is 1. The summed E-state index contributed by atoms with van der Waals surface area (Å²) in [5.74, 6) is 2.64. The molecule has 172 valence electrons. The van der Waals surface area contributed by atoms with Crippen molar-refractivity contribution in [3.63, 3.8) is 0 Å². The number of hydrogen-bond donors (Lipinski definition) is 1. The van der Waals surface area contributed by atoms with E-state index in [1.165, 1.54) is 5.56 Å². The summed E-state index contributed by atoms with van der Waals surface area (Å²) in [6.07, 6.45) is 0. The SMILES string of the molecule is CC(NC(=O)c1ccc(CN2CCN(Cc3ccc4c(c3)OCO4)CC2)o1)c1ccccc1. The van der Waals surface area contributed by atoms with Crippen LogP contribution < -0.4 is 14.8 Å². The normalized spacial score (nSPS) is 17.1. The molecule has 5 rings (SSSR count). The molecule has 0 bridgehead atoms. The van der Waals surface area contributed by atoms with Crippen LogP contribution in [0.3, 0.4) is 0 Å². The standard InChI is InChI=1S/C26H29N3O4/c1-19(21-5-3-2-4-6-21)27-26(30)24-10-8-22(33-24)17-29-13-11-28(12-14-29)16-20-7-9-23-25(15-20)32-18-31-23/h2-10,15,19H,11-14,16-18H2,1H3,(H,27,30). The van der Waals surface area contributed by atoms with Crippen LogP contribution in [0.25, 0.3) is 0 Å². The number of ether oxygens (including phenoxy) is 2. The zero-order valence-corrected chi connectivity index (χ0v) is 18.8. The lowest BCUT2D eigenvalue weighted by Gasteiger charge is -2.34. The van der Waals surface area contributed by atoms with E-state index in [2.05, 4.69) is 27.2 Å². The van der Waals surface area contributed by atoms with Crippen molar-refractivity contribution in [2.75, 3.05) is 33.0 Å².